The summed E-state index contributed by atoms with van der Waals surface area (Å²) in [6.45, 7) is 6.51. The number of aromatic nitrogens is 1. The van der Waals surface area contributed by atoms with Crippen LogP contribution >= 0.6 is 0 Å². The van der Waals surface area contributed by atoms with Gasteiger partial charge in [-0.15, -0.1) is 0 Å². The van der Waals surface area contributed by atoms with Crippen molar-refractivity contribution in [2.45, 2.75) is 50.1 Å². The Balaban J connectivity index is 1.76. The highest BCUT2D eigenvalue weighted by molar-refractivity contribution is 7.89. The SMILES string of the molecule is Cc1ccc(S(=O)(=O)N2C[C@H]3CCCCN3C[C@@H]2C)c2cccnc12. The molecule has 0 saturated carbocycles. The topological polar surface area (TPSA) is 53.5 Å². The lowest BCUT2D eigenvalue weighted by Crippen LogP contribution is -2.59. The summed E-state index contributed by atoms with van der Waals surface area (Å²) in [7, 11) is -3.54. The number of pyridine rings is 1. The molecular weight excluding hydrogens is 334 g/mol. The van der Waals surface area contributed by atoms with E-state index in [1.165, 1.54) is 12.8 Å². The van der Waals surface area contributed by atoms with Crippen molar-refractivity contribution in [3.63, 3.8) is 0 Å². The average molecular weight is 359 g/mol. The number of sulfonamides is 1. The van der Waals surface area contributed by atoms with Gasteiger partial charge in [-0.25, -0.2) is 8.42 Å². The smallest absolute Gasteiger partial charge is 0.244 e. The molecule has 2 aromatic rings. The molecule has 134 valence electrons. The highest BCUT2D eigenvalue weighted by atomic mass is 32.2. The first-order valence-electron chi connectivity index (χ1n) is 9.09. The minimum Gasteiger partial charge on any atom is -0.297 e. The largest absolute Gasteiger partial charge is 0.297 e. The number of nitrogens with zero attached hydrogens (tertiary/aromatic N) is 3. The average Bonchev–Trinajstić information content (AvgIpc) is 2.61. The van der Waals surface area contributed by atoms with E-state index < -0.39 is 10.0 Å². The van der Waals surface area contributed by atoms with Gasteiger partial charge in [0.15, 0.2) is 0 Å². The van der Waals surface area contributed by atoms with Gasteiger partial charge in [-0.05, 0) is 57.0 Å². The molecule has 0 spiro atoms. The summed E-state index contributed by atoms with van der Waals surface area (Å²) >= 11 is 0. The molecule has 2 aliphatic heterocycles. The number of piperidine rings is 1. The first-order chi connectivity index (χ1) is 12.0. The van der Waals surface area contributed by atoms with Crippen LogP contribution in [0.25, 0.3) is 10.9 Å². The van der Waals surface area contributed by atoms with Gasteiger partial charge in [0.1, 0.15) is 0 Å². The predicted octanol–water partition coefficient (Wildman–Crippen LogP) is 2.79. The van der Waals surface area contributed by atoms with Gasteiger partial charge in [-0.2, -0.15) is 4.31 Å². The van der Waals surface area contributed by atoms with E-state index >= 15 is 0 Å². The number of hydrogen-bond acceptors (Lipinski definition) is 4. The quantitative estimate of drug-likeness (QED) is 0.827. The molecule has 1 aromatic carbocycles. The lowest BCUT2D eigenvalue weighted by atomic mass is 9.99. The highest BCUT2D eigenvalue weighted by Gasteiger charge is 2.39. The lowest BCUT2D eigenvalue weighted by Gasteiger charge is -2.46. The van der Waals surface area contributed by atoms with Gasteiger partial charge in [0.2, 0.25) is 10.0 Å². The maximum absolute atomic E-state index is 13.5. The Hall–Kier alpha value is -1.50. The van der Waals surface area contributed by atoms with Gasteiger partial charge in [0, 0.05) is 36.8 Å². The van der Waals surface area contributed by atoms with E-state index in [0.717, 1.165) is 36.0 Å². The molecule has 0 bridgehead atoms. The van der Waals surface area contributed by atoms with E-state index in [9.17, 15) is 8.42 Å². The van der Waals surface area contributed by atoms with Gasteiger partial charge < -0.3 is 0 Å². The van der Waals surface area contributed by atoms with Crippen LogP contribution in [0.2, 0.25) is 0 Å². The van der Waals surface area contributed by atoms with Gasteiger partial charge in [-0.3, -0.25) is 9.88 Å². The normalized spacial score (nSPS) is 25.8. The number of rotatable bonds is 2. The van der Waals surface area contributed by atoms with Gasteiger partial charge in [0.05, 0.1) is 10.4 Å². The Morgan fingerprint density at radius 2 is 2.00 bits per heavy atom. The second-order valence-electron chi connectivity index (χ2n) is 7.35. The van der Waals surface area contributed by atoms with Gasteiger partial charge in [0.25, 0.3) is 0 Å². The molecule has 2 aliphatic rings. The number of hydrogen-bond donors (Lipinski definition) is 0. The van der Waals surface area contributed by atoms with Crippen molar-refractivity contribution >= 4 is 20.9 Å². The van der Waals surface area contributed by atoms with E-state index in [0.29, 0.717) is 17.5 Å². The summed E-state index contributed by atoms with van der Waals surface area (Å²) in [5.74, 6) is 0. The molecule has 5 nitrogen and oxygen atoms in total. The van der Waals surface area contributed by atoms with Crippen molar-refractivity contribution in [1.29, 1.82) is 0 Å². The molecule has 2 saturated heterocycles. The van der Waals surface area contributed by atoms with Gasteiger partial charge >= 0.3 is 0 Å². The molecule has 0 radical (unpaired) electrons. The standard InChI is InChI=1S/C19H25N3O2S/c1-14-8-9-18(17-7-5-10-20-19(14)17)25(23,24)22-13-16-6-3-4-11-21(16)12-15(22)2/h5,7-10,15-16H,3-4,6,11-13H2,1-2H3/t15-,16+/m0/s1. The molecule has 4 rings (SSSR count). The van der Waals surface area contributed by atoms with Crippen LogP contribution in [-0.2, 0) is 10.0 Å². The predicted molar refractivity (Wildman–Crippen MR) is 99.0 cm³/mol. The highest BCUT2D eigenvalue weighted by Crippen LogP contribution is 2.32. The lowest BCUT2D eigenvalue weighted by molar-refractivity contribution is 0.0565. The van der Waals surface area contributed by atoms with Crippen LogP contribution in [0, 0.1) is 6.92 Å². The summed E-state index contributed by atoms with van der Waals surface area (Å²) in [5.41, 5.74) is 1.77. The van der Waals surface area contributed by atoms with E-state index in [1.807, 2.05) is 32.0 Å². The van der Waals surface area contributed by atoms with Crippen LogP contribution in [0.5, 0.6) is 0 Å². The fourth-order valence-electron chi connectivity index (χ4n) is 4.30. The Kier molecular flexibility index (Phi) is 4.30. The van der Waals surface area contributed by atoms with Crippen molar-refractivity contribution in [2.75, 3.05) is 19.6 Å². The molecule has 3 heterocycles. The summed E-state index contributed by atoms with van der Waals surface area (Å²) in [6.07, 6.45) is 5.23. The molecular formula is C19H25N3O2S. The first-order valence-corrected chi connectivity index (χ1v) is 10.5. The summed E-state index contributed by atoms with van der Waals surface area (Å²) < 4.78 is 28.7. The summed E-state index contributed by atoms with van der Waals surface area (Å²) in [5, 5.41) is 0.723. The number of aryl methyl sites for hydroxylation is 1. The van der Waals surface area contributed by atoms with Crippen molar-refractivity contribution in [1.82, 2.24) is 14.2 Å². The molecule has 0 unspecified atom stereocenters. The maximum atomic E-state index is 13.5. The Labute approximate surface area is 149 Å². The molecule has 1 aromatic heterocycles. The Morgan fingerprint density at radius 3 is 2.84 bits per heavy atom. The molecule has 0 amide bonds. The third-order valence-electron chi connectivity index (χ3n) is 5.65. The van der Waals surface area contributed by atoms with E-state index in [-0.39, 0.29) is 6.04 Å². The zero-order chi connectivity index (χ0) is 17.6. The van der Waals surface area contributed by atoms with Crippen molar-refractivity contribution in [3.05, 3.63) is 36.0 Å². The van der Waals surface area contributed by atoms with Gasteiger partial charge in [-0.1, -0.05) is 12.5 Å². The van der Waals surface area contributed by atoms with Crippen molar-refractivity contribution in [2.24, 2.45) is 0 Å². The fraction of sp³-hybridized carbons (Fsp3) is 0.526. The van der Waals surface area contributed by atoms with Crippen molar-refractivity contribution in [3.8, 4) is 0 Å². The summed E-state index contributed by atoms with van der Waals surface area (Å²) in [6, 6.07) is 7.63. The monoisotopic (exact) mass is 359 g/mol. The van der Waals surface area contributed by atoms with Crippen LogP contribution in [0.1, 0.15) is 31.7 Å². The minimum atomic E-state index is -3.54. The van der Waals surface area contributed by atoms with Crippen molar-refractivity contribution < 1.29 is 8.42 Å². The fourth-order valence-corrected chi connectivity index (χ4v) is 6.14. The zero-order valence-corrected chi connectivity index (χ0v) is 15.7. The Bertz CT molecular complexity index is 897. The van der Waals surface area contributed by atoms with E-state index in [4.69, 9.17) is 0 Å². The van der Waals surface area contributed by atoms with Crippen LogP contribution in [0.15, 0.2) is 35.4 Å². The first kappa shape index (κ1) is 16.9. The number of benzene rings is 1. The molecule has 0 N–H and O–H groups in total. The van der Waals surface area contributed by atoms with E-state index in [1.54, 1.807) is 16.6 Å². The minimum absolute atomic E-state index is 0.00706. The van der Waals surface area contributed by atoms with E-state index in [2.05, 4.69) is 9.88 Å². The van der Waals surface area contributed by atoms with Crippen LogP contribution in [0.4, 0.5) is 0 Å². The zero-order valence-electron chi connectivity index (χ0n) is 14.9. The number of piperazine rings is 1. The molecule has 25 heavy (non-hydrogen) atoms. The molecule has 2 fully saturated rings. The third-order valence-corrected chi connectivity index (χ3v) is 7.69. The second-order valence-corrected chi connectivity index (χ2v) is 9.21. The maximum Gasteiger partial charge on any atom is 0.244 e. The second kappa shape index (κ2) is 6.34. The summed E-state index contributed by atoms with van der Waals surface area (Å²) in [4.78, 5) is 7.25. The third kappa shape index (κ3) is 2.86. The molecule has 6 heteroatoms. The van der Waals surface area contributed by atoms with Crippen LogP contribution < -0.4 is 0 Å². The van der Waals surface area contributed by atoms with Crippen LogP contribution in [-0.4, -0.2) is 54.3 Å². The number of fused-ring (bicyclic) bond motifs is 2. The molecule has 2 atom stereocenters. The molecule has 0 aliphatic carbocycles. The Morgan fingerprint density at radius 1 is 1.16 bits per heavy atom. The van der Waals surface area contributed by atoms with Crippen LogP contribution in [0.3, 0.4) is 0 Å².